The number of para-hydroxylation sites is 1. The van der Waals surface area contributed by atoms with Gasteiger partial charge in [0.25, 0.3) is 0 Å². The van der Waals surface area contributed by atoms with Crippen LogP contribution in [0, 0.1) is 5.82 Å². The zero-order valence-electron chi connectivity index (χ0n) is 11.4. The summed E-state index contributed by atoms with van der Waals surface area (Å²) in [5.74, 6) is -1.29. The van der Waals surface area contributed by atoms with Crippen molar-refractivity contribution in [1.82, 2.24) is 4.98 Å². The highest BCUT2D eigenvalue weighted by molar-refractivity contribution is 7.13. The highest BCUT2D eigenvalue weighted by Crippen LogP contribution is 2.32. The predicted molar refractivity (Wildman–Crippen MR) is 77.2 cm³/mol. The van der Waals surface area contributed by atoms with Gasteiger partial charge in [-0.3, -0.25) is 4.79 Å². The van der Waals surface area contributed by atoms with Crippen LogP contribution in [-0.2, 0) is 10.2 Å². The van der Waals surface area contributed by atoms with Crippen molar-refractivity contribution in [3.8, 4) is 0 Å². The smallest absolute Gasteiger partial charge is 0.315 e. The topological polar surface area (TPSA) is 53.4 Å². The summed E-state index contributed by atoms with van der Waals surface area (Å²) in [6, 6.07) is 6.39. The molecule has 0 radical (unpaired) electrons. The molecule has 0 aliphatic heterocycles. The van der Waals surface area contributed by atoms with Crippen LogP contribution in [-0.4, -0.2) is 23.1 Å². The molecule has 0 amide bonds. The SMILES string of the molecule is CN(c1nc(C(C)(C)C(=O)O)cs1)c1ccccc1F. The quantitative estimate of drug-likeness (QED) is 0.939. The number of hydrogen-bond acceptors (Lipinski definition) is 4. The highest BCUT2D eigenvalue weighted by atomic mass is 32.1. The summed E-state index contributed by atoms with van der Waals surface area (Å²) in [4.78, 5) is 17.1. The zero-order chi connectivity index (χ0) is 14.9. The first-order valence-corrected chi connectivity index (χ1v) is 6.89. The van der Waals surface area contributed by atoms with Gasteiger partial charge in [-0.2, -0.15) is 0 Å². The van der Waals surface area contributed by atoms with Crippen molar-refractivity contribution in [2.75, 3.05) is 11.9 Å². The van der Waals surface area contributed by atoms with Crippen molar-refractivity contribution in [2.45, 2.75) is 19.3 Å². The average molecular weight is 294 g/mol. The summed E-state index contributed by atoms with van der Waals surface area (Å²) in [6.45, 7) is 3.19. The van der Waals surface area contributed by atoms with E-state index in [0.29, 0.717) is 16.5 Å². The molecular formula is C14H15FN2O2S. The summed E-state index contributed by atoms with van der Waals surface area (Å²) in [5.41, 5.74) is -0.195. The average Bonchev–Trinajstić information content (AvgIpc) is 2.88. The lowest BCUT2D eigenvalue weighted by molar-refractivity contribution is -0.142. The number of halogens is 1. The fourth-order valence-electron chi connectivity index (χ4n) is 1.64. The Kier molecular flexibility index (Phi) is 3.76. The molecule has 4 nitrogen and oxygen atoms in total. The number of aliphatic carboxylic acids is 1. The van der Waals surface area contributed by atoms with E-state index >= 15 is 0 Å². The Morgan fingerprint density at radius 1 is 1.40 bits per heavy atom. The molecule has 1 aromatic carbocycles. The Hall–Kier alpha value is -1.95. The molecule has 2 rings (SSSR count). The van der Waals surface area contributed by atoms with E-state index in [4.69, 9.17) is 0 Å². The highest BCUT2D eigenvalue weighted by Gasteiger charge is 2.32. The van der Waals surface area contributed by atoms with Gasteiger partial charge in [0.05, 0.1) is 11.4 Å². The summed E-state index contributed by atoms with van der Waals surface area (Å²) >= 11 is 1.29. The van der Waals surface area contributed by atoms with Gasteiger partial charge in [-0.05, 0) is 26.0 Å². The zero-order valence-corrected chi connectivity index (χ0v) is 12.2. The Balaban J connectivity index is 2.34. The molecule has 0 aliphatic carbocycles. The van der Waals surface area contributed by atoms with Crippen molar-refractivity contribution >= 4 is 28.1 Å². The molecule has 0 aliphatic rings. The lowest BCUT2D eigenvalue weighted by Crippen LogP contribution is -2.29. The minimum absolute atomic E-state index is 0.343. The maximum absolute atomic E-state index is 13.7. The second kappa shape index (κ2) is 5.20. The van der Waals surface area contributed by atoms with Gasteiger partial charge in [0, 0.05) is 12.4 Å². The molecule has 106 valence electrons. The van der Waals surface area contributed by atoms with Crippen molar-refractivity contribution < 1.29 is 14.3 Å². The van der Waals surface area contributed by atoms with Gasteiger partial charge in [0.15, 0.2) is 5.13 Å². The Labute approximate surface area is 120 Å². The van der Waals surface area contributed by atoms with E-state index in [2.05, 4.69) is 4.98 Å². The van der Waals surface area contributed by atoms with Gasteiger partial charge < -0.3 is 10.0 Å². The minimum atomic E-state index is -1.06. The van der Waals surface area contributed by atoms with Crippen LogP contribution in [0.15, 0.2) is 29.6 Å². The van der Waals surface area contributed by atoms with E-state index in [1.165, 1.54) is 17.4 Å². The van der Waals surface area contributed by atoms with Crippen LogP contribution < -0.4 is 4.90 Å². The molecule has 1 heterocycles. The van der Waals surface area contributed by atoms with Crippen LogP contribution in [0.3, 0.4) is 0 Å². The van der Waals surface area contributed by atoms with Crippen LogP contribution in [0.5, 0.6) is 0 Å². The van der Waals surface area contributed by atoms with E-state index in [9.17, 15) is 14.3 Å². The van der Waals surface area contributed by atoms with Crippen molar-refractivity contribution in [1.29, 1.82) is 0 Å². The summed E-state index contributed by atoms with van der Waals surface area (Å²) in [7, 11) is 1.70. The molecule has 0 bridgehead atoms. The van der Waals surface area contributed by atoms with Gasteiger partial charge in [-0.1, -0.05) is 12.1 Å². The maximum Gasteiger partial charge on any atom is 0.315 e. The molecule has 2 aromatic rings. The lowest BCUT2D eigenvalue weighted by Gasteiger charge is -2.18. The number of anilines is 2. The number of rotatable bonds is 4. The molecule has 6 heteroatoms. The van der Waals surface area contributed by atoms with E-state index in [0.717, 1.165) is 0 Å². The van der Waals surface area contributed by atoms with Crippen molar-refractivity contribution in [2.24, 2.45) is 0 Å². The van der Waals surface area contributed by atoms with Crippen LogP contribution in [0.4, 0.5) is 15.2 Å². The second-order valence-corrected chi connectivity index (χ2v) is 5.79. The van der Waals surface area contributed by atoms with Gasteiger partial charge in [-0.15, -0.1) is 11.3 Å². The molecule has 1 aromatic heterocycles. The number of hydrogen-bond donors (Lipinski definition) is 1. The maximum atomic E-state index is 13.7. The molecule has 0 spiro atoms. The third kappa shape index (κ3) is 2.51. The van der Waals surface area contributed by atoms with Crippen molar-refractivity contribution in [3.05, 3.63) is 41.2 Å². The number of thiazole rings is 1. The van der Waals surface area contributed by atoms with Gasteiger partial charge in [-0.25, -0.2) is 9.37 Å². The number of carbonyl (C=O) groups is 1. The molecule has 0 saturated carbocycles. The summed E-state index contributed by atoms with van der Waals surface area (Å²) in [6.07, 6.45) is 0. The van der Waals surface area contributed by atoms with E-state index in [-0.39, 0.29) is 5.82 Å². The Morgan fingerprint density at radius 3 is 2.65 bits per heavy atom. The van der Waals surface area contributed by atoms with E-state index in [1.807, 2.05) is 0 Å². The normalized spacial score (nSPS) is 11.4. The van der Waals surface area contributed by atoms with E-state index < -0.39 is 11.4 Å². The number of nitrogens with zero attached hydrogens (tertiary/aromatic N) is 2. The fraction of sp³-hybridized carbons (Fsp3) is 0.286. The number of carboxylic acid groups (broad SMARTS) is 1. The number of aromatic nitrogens is 1. The minimum Gasteiger partial charge on any atom is -0.481 e. The second-order valence-electron chi connectivity index (χ2n) is 4.96. The molecule has 0 fully saturated rings. The van der Waals surface area contributed by atoms with Crippen LogP contribution in [0.2, 0.25) is 0 Å². The fourth-order valence-corrected chi connectivity index (χ4v) is 2.61. The monoisotopic (exact) mass is 294 g/mol. The Bertz CT molecular complexity index is 640. The first-order valence-electron chi connectivity index (χ1n) is 6.01. The van der Waals surface area contributed by atoms with Crippen LogP contribution in [0.25, 0.3) is 0 Å². The first-order chi connectivity index (χ1) is 9.34. The molecular weight excluding hydrogens is 279 g/mol. The van der Waals surface area contributed by atoms with E-state index in [1.54, 1.807) is 49.4 Å². The van der Waals surface area contributed by atoms with Gasteiger partial charge in [0.2, 0.25) is 0 Å². The molecule has 0 saturated heterocycles. The molecule has 1 N–H and O–H groups in total. The standard InChI is InChI=1S/C14H15FN2O2S/c1-14(2,12(18)19)11-8-20-13(16-11)17(3)10-7-5-4-6-9(10)15/h4-8H,1-3H3,(H,18,19). The molecule has 0 unspecified atom stereocenters. The van der Waals surface area contributed by atoms with Crippen molar-refractivity contribution in [3.63, 3.8) is 0 Å². The first kappa shape index (κ1) is 14.5. The predicted octanol–water partition coefficient (Wildman–Crippen LogP) is 3.41. The third-order valence-electron chi connectivity index (χ3n) is 3.17. The van der Waals surface area contributed by atoms with Crippen LogP contribution in [0.1, 0.15) is 19.5 Å². The van der Waals surface area contributed by atoms with Gasteiger partial charge in [0.1, 0.15) is 11.2 Å². The van der Waals surface area contributed by atoms with Gasteiger partial charge >= 0.3 is 5.97 Å². The molecule has 20 heavy (non-hydrogen) atoms. The number of carboxylic acids is 1. The Morgan fingerprint density at radius 2 is 2.05 bits per heavy atom. The molecule has 0 atom stereocenters. The lowest BCUT2D eigenvalue weighted by atomic mass is 9.90. The summed E-state index contributed by atoms with van der Waals surface area (Å²) in [5, 5.41) is 11.4. The summed E-state index contributed by atoms with van der Waals surface area (Å²) < 4.78 is 13.7. The van der Waals surface area contributed by atoms with Crippen LogP contribution >= 0.6 is 11.3 Å². The third-order valence-corrected chi connectivity index (χ3v) is 4.08. The number of benzene rings is 1. The largest absolute Gasteiger partial charge is 0.481 e.